The fourth-order valence-electron chi connectivity index (χ4n) is 3.54. The van der Waals surface area contributed by atoms with Crippen LogP contribution in [0.15, 0.2) is 57.9 Å². The van der Waals surface area contributed by atoms with Crippen LogP contribution >= 0.6 is 15.9 Å². The molecule has 1 aromatic heterocycles. The number of hydrogen-bond acceptors (Lipinski definition) is 3. The molecule has 0 saturated heterocycles. The van der Waals surface area contributed by atoms with Crippen molar-refractivity contribution in [3.8, 4) is 0 Å². The Labute approximate surface area is 177 Å². The van der Waals surface area contributed by atoms with Crippen LogP contribution in [0, 0.1) is 0 Å². The number of aromatic amines is 1. The van der Waals surface area contributed by atoms with Crippen molar-refractivity contribution in [1.82, 2.24) is 14.6 Å². The van der Waals surface area contributed by atoms with E-state index in [1.54, 1.807) is 18.2 Å². The molecule has 0 unspecified atom stereocenters. The second-order valence-electron chi connectivity index (χ2n) is 6.86. The van der Waals surface area contributed by atoms with E-state index in [0.29, 0.717) is 13.1 Å². The number of para-hydroxylation sites is 1. The van der Waals surface area contributed by atoms with E-state index in [0.717, 1.165) is 32.9 Å². The van der Waals surface area contributed by atoms with E-state index in [2.05, 4.69) is 31.7 Å². The van der Waals surface area contributed by atoms with Gasteiger partial charge in [-0.25, -0.2) is 13.1 Å². The molecule has 2 aromatic carbocycles. The molecular formula is C21H20BrN3O3S. The van der Waals surface area contributed by atoms with Crippen molar-refractivity contribution in [1.29, 1.82) is 0 Å². The van der Waals surface area contributed by atoms with Crippen LogP contribution in [0.5, 0.6) is 0 Å². The molecule has 3 aromatic rings. The van der Waals surface area contributed by atoms with Gasteiger partial charge in [0.05, 0.1) is 10.4 Å². The molecule has 0 fully saturated rings. The maximum Gasteiger partial charge on any atom is 0.246 e. The number of sulfonamides is 1. The number of fused-ring (bicyclic) bond motifs is 3. The summed E-state index contributed by atoms with van der Waals surface area (Å²) in [5, 5.41) is 1.14. The molecule has 2 N–H and O–H groups in total. The average Bonchev–Trinajstić information content (AvgIpc) is 3.11. The summed E-state index contributed by atoms with van der Waals surface area (Å²) in [6, 6.07) is 12.5. The highest BCUT2D eigenvalue weighted by Gasteiger charge is 2.23. The Morgan fingerprint density at radius 2 is 1.97 bits per heavy atom. The van der Waals surface area contributed by atoms with Crippen LogP contribution in [0.2, 0.25) is 0 Å². The number of hydrogen-bond donors (Lipinski definition) is 2. The second kappa shape index (κ2) is 7.78. The predicted molar refractivity (Wildman–Crippen MR) is 117 cm³/mol. The molecule has 0 bridgehead atoms. The zero-order valence-electron chi connectivity index (χ0n) is 15.8. The minimum Gasteiger partial charge on any atom is -0.357 e. The van der Waals surface area contributed by atoms with Crippen molar-refractivity contribution in [2.45, 2.75) is 17.9 Å². The van der Waals surface area contributed by atoms with Gasteiger partial charge in [0.1, 0.15) is 0 Å². The number of carbonyl (C=O) groups is 1. The van der Waals surface area contributed by atoms with Crippen molar-refractivity contribution >= 4 is 48.8 Å². The summed E-state index contributed by atoms with van der Waals surface area (Å²) in [5.41, 5.74) is 4.18. The molecule has 1 aliphatic heterocycles. The zero-order valence-corrected chi connectivity index (χ0v) is 18.2. The van der Waals surface area contributed by atoms with Crippen LogP contribution in [0.25, 0.3) is 17.0 Å². The average molecular weight is 474 g/mol. The molecule has 0 saturated carbocycles. The number of H-pyrrole nitrogens is 1. The summed E-state index contributed by atoms with van der Waals surface area (Å²) in [6.45, 7) is 1.22. The van der Waals surface area contributed by atoms with Crippen molar-refractivity contribution < 1.29 is 13.2 Å². The Morgan fingerprint density at radius 1 is 1.21 bits per heavy atom. The summed E-state index contributed by atoms with van der Waals surface area (Å²) in [7, 11) is -2.09. The van der Waals surface area contributed by atoms with Crippen LogP contribution in [0.4, 0.5) is 0 Å². The molecule has 0 radical (unpaired) electrons. The molecule has 0 spiro atoms. The number of aromatic nitrogens is 1. The minimum atomic E-state index is -3.46. The first kappa shape index (κ1) is 19.9. The van der Waals surface area contributed by atoms with E-state index in [4.69, 9.17) is 0 Å². The number of nitrogens with zero attached hydrogens (tertiary/aromatic N) is 1. The van der Waals surface area contributed by atoms with Gasteiger partial charge in [0, 0.05) is 46.7 Å². The van der Waals surface area contributed by atoms with Crippen molar-refractivity contribution in [3.63, 3.8) is 0 Å². The summed E-state index contributed by atoms with van der Waals surface area (Å²) in [4.78, 5) is 18.2. The van der Waals surface area contributed by atoms with Gasteiger partial charge in [-0.1, -0.05) is 24.3 Å². The zero-order chi connectivity index (χ0) is 20.6. The Bertz CT molecular complexity index is 1210. The van der Waals surface area contributed by atoms with Crippen LogP contribution in [-0.2, 0) is 27.8 Å². The van der Waals surface area contributed by atoms with Crippen LogP contribution < -0.4 is 4.72 Å². The molecule has 8 heteroatoms. The van der Waals surface area contributed by atoms with E-state index in [1.807, 2.05) is 17.0 Å². The lowest BCUT2D eigenvalue weighted by Crippen LogP contribution is -2.34. The number of rotatable bonds is 4. The molecular weight excluding hydrogens is 454 g/mol. The summed E-state index contributed by atoms with van der Waals surface area (Å²) in [6.07, 6.45) is 4.03. The SMILES string of the molecule is CNS(=O)(=O)c1ccc(C=CC(=O)N2CCc3[nH]c4c(Br)cccc4c3C2)cc1. The molecule has 4 rings (SSSR count). The number of benzene rings is 2. The Morgan fingerprint density at radius 3 is 2.69 bits per heavy atom. The molecule has 2 heterocycles. The standard InChI is InChI=1S/C21H20BrN3O3S/c1-23-29(27,28)15-8-5-14(6-9-15)7-10-20(26)25-12-11-19-17(13-25)16-3-2-4-18(22)21(16)24-19/h2-10,23-24H,11-13H2,1H3. The van der Waals surface area contributed by atoms with Gasteiger partial charge in [-0.3, -0.25) is 4.79 Å². The van der Waals surface area contributed by atoms with Gasteiger partial charge in [-0.05, 0) is 52.8 Å². The lowest BCUT2D eigenvalue weighted by atomic mass is 10.0. The Kier molecular flexibility index (Phi) is 5.33. The second-order valence-corrected chi connectivity index (χ2v) is 9.61. The molecule has 6 nitrogen and oxygen atoms in total. The minimum absolute atomic E-state index is 0.0630. The summed E-state index contributed by atoms with van der Waals surface area (Å²) < 4.78 is 26.9. The molecule has 0 aliphatic carbocycles. The first-order valence-electron chi connectivity index (χ1n) is 9.17. The Hall–Kier alpha value is -2.42. The fraction of sp³-hybridized carbons (Fsp3) is 0.190. The molecule has 0 atom stereocenters. The summed E-state index contributed by atoms with van der Waals surface area (Å²) >= 11 is 3.58. The van der Waals surface area contributed by atoms with Gasteiger partial charge in [-0.2, -0.15) is 0 Å². The third-order valence-corrected chi connectivity index (χ3v) is 7.24. The number of amides is 1. The number of halogens is 1. The first-order chi connectivity index (χ1) is 13.9. The van der Waals surface area contributed by atoms with Gasteiger partial charge in [0.25, 0.3) is 0 Å². The quantitative estimate of drug-likeness (QED) is 0.569. The Balaban J connectivity index is 1.50. The maximum atomic E-state index is 12.7. The normalized spacial score (nSPS) is 14.5. The van der Waals surface area contributed by atoms with Crippen LogP contribution in [0.1, 0.15) is 16.8 Å². The van der Waals surface area contributed by atoms with Crippen molar-refractivity contribution in [2.24, 2.45) is 0 Å². The highest BCUT2D eigenvalue weighted by molar-refractivity contribution is 9.10. The first-order valence-corrected chi connectivity index (χ1v) is 11.5. The van der Waals surface area contributed by atoms with E-state index in [-0.39, 0.29) is 10.8 Å². The van der Waals surface area contributed by atoms with Gasteiger partial charge >= 0.3 is 0 Å². The van der Waals surface area contributed by atoms with Crippen molar-refractivity contribution in [2.75, 3.05) is 13.6 Å². The third-order valence-electron chi connectivity index (χ3n) is 5.15. The molecule has 1 amide bonds. The lowest BCUT2D eigenvalue weighted by molar-refractivity contribution is -0.126. The fourth-order valence-corrected chi connectivity index (χ4v) is 4.73. The largest absolute Gasteiger partial charge is 0.357 e. The van der Waals surface area contributed by atoms with E-state index in [9.17, 15) is 13.2 Å². The maximum absolute atomic E-state index is 12.7. The highest BCUT2D eigenvalue weighted by Crippen LogP contribution is 2.31. The van der Waals surface area contributed by atoms with E-state index in [1.165, 1.54) is 31.0 Å². The van der Waals surface area contributed by atoms with Gasteiger partial charge in [0.2, 0.25) is 15.9 Å². The lowest BCUT2D eigenvalue weighted by Gasteiger charge is -2.26. The van der Waals surface area contributed by atoms with Gasteiger partial charge in [0.15, 0.2) is 0 Å². The topological polar surface area (TPSA) is 82.3 Å². The number of carbonyl (C=O) groups excluding carboxylic acids is 1. The number of nitrogens with one attached hydrogen (secondary N) is 2. The molecule has 150 valence electrons. The smallest absolute Gasteiger partial charge is 0.246 e. The monoisotopic (exact) mass is 473 g/mol. The highest BCUT2D eigenvalue weighted by atomic mass is 79.9. The van der Waals surface area contributed by atoms with Crippen LogP contribution in [-0.4, -0.2) is 37.8 Å². The molecule has 1 aliphatic rings. The van der Waals surface area contributed by atoms with E-state index >= 15 is 0 Å². The van der Waals surface area contributed by atoms with E-state index < -0.39 is 10.0 Å². The van der Waals surface area contributed by atoms with Gasteiger partial charge in [-0.15, -0.1) is 0 Å². The van der Waals surface area contributed by atoms with Crippen molar-refractivity contribution in [3.05, 3.63) is 69.8 Å². The van der Waals surface area contributed by atoms with Gasteiger partial charge < -0.3 is 9.88 Å². The molecule has 29 heavy (non-hydrogen) atoms. The third kappa shape index (κ3) is 3.88. The summed E-state index contributed by atoms with van der Waals surface area (Å²) in [5.74, 6) is -0.0630. The predicted octanol–water partition coefficient (Wildman–Crippen LogP) is 3.44. The van der Waals surface area contributed by atoms with Crippen LogP contribution in [0.3, 0.4) is 0 Å².